The maximum Gasteiger partial charge on any atom is 0.472 e. The van der Waals surface area contributed by atoms with Gasteiger partial charge in [-0.3, -0.25) is 18.6 Å². The first-order valence-corrected chi connectivity index (χ1v) is 23.3. The van der Waals surface area contributed by atoms with E-state index in [0.29, 0.717) is 6.42 Å². The largest absolute Gasteiger partial charge is 0.472 e. The number of allylic oxidation sites excluding steroid dienone is 4. The Morgan fingerprint density at radius 3 is 1.47 bits per heavy atom. The van der Waals surface area contributed by atoms with Crippen LogP contribution in [0.5, 0.6) is 0 Å². The van der Waals surface area contributed by atoms with Gasteiger partial charge < -0.3 is 20.1 Å². The lowest BCUT2D eigenvalue weighted by Crippen LogP contribution is -2.29. The zero-order valence-corrected chi connectivity index (χ0v) is 35.2. The first-order chi connectivity index (χ1) is 25.8. The summed E-state index contributed by atoms with van der Waals surface area (Å²) in [5.74, 6) is -0.826. The molecule has 0 aromatic rings. The normalized spacial score (nSPS) is 13.5. The van der Waals surface area contributed by atoms with Gasteiger partial charge in [-0.1, -0.05) is 173 Å². The first-order valence-electron chi connectivity index (χ1n) is 21.8. The number of esters is 2. The molecule has 2 atom stereocenters. The Bertz CT molecular complexity index is 928. The smallest absolute Gasteiger partial charge is 0.462 e. The Morgan fingerprint density at radius 2 is 0.981 bits per heavy atom. The average molecular weight is 772 g/mol. The van der Waals surface area contributed by atoms with Crippen LogP contribution in [0.2, 0.25) is 0 Å². The predicted molar refractivity (Wildman–Crippen MR) is 220 cm³/mol. The van der Waals surface area contributed by atoms with Gasteiger partial charge in [-0.25, -0.2) is 4.57 Å². The summed E-state index contributed by atoms with van der Waals surface area (Å²) in [5, 5.41) is 0. The zero-order valence-electron chi connectivity index (χ0n) is 34.3. The number of unbranched alkanes of at least 4 members (excludes halogenated alkanes) is 24. The molecule has 0 heterocycles. The highest BCUT2D eigenvalue weighted by atomic mass is 31.2. The van der Waals surface area contributed by atoms with Crippen LogP contribution >= 0.6 is 7.82 Å². The summed E-state index contributed by atoms with van der Waals surface area (Å²) in [6.07, 6.45) is 42.0. The van der Waals surface area contributed by atoms with Crippen molar-refractivity contribution < 1.29 is 37.6 Å². The van der Waals surface area contributed by atoms with Crippen LogP contribution in [0.15, 0.2) is 24.3 Å². The molecule has 0 spiro atoms. The van der Waals surface area contributed by atoms with Crippen molar-refractivity contribution >= 4 is 19.8 Å². The lowest BCUT2D eigenvalue weighted by molar-refractivity contribution is -0.161. The molecule has 0 saturated carbocycles. The van der Waals surface area contributed by atoms with E-state index in [1.54, 1.807) is 0 Å². The molecule has 312 valence electrons. The maximum absolute atomic E-state index is 12.6. The highest BCUT2D eigenvalue weighted by molar-refractivity contribution is 7.47. The third kappa shape index (κ3) is 40.0. The van der Waals surface area contributed by atoms with Gasteiger partial charge in [0, 0.05) is 19.4 Å². The second-order valence-corrected chi connectivity index (χ2v) is 16.0. The van der Waals surface area contributed by atoms with Crippen molar-refractivity contribution in [3.8, 4) is 0 Å². The second-order valence-electron chi connectivity index (χ2n) is 14.6. The lowest BCUT2D eigenvalue weighted by atomic mass is 10.0. The number of phosphoric acid groups is 1. The Labute approximate surface area is 325 Å². The maximum atomic E-state index is 12.6. The fourth-order valence-corrected chi connectivity index (χ4v) is 6.84. The van der Waals surface area contributed by atoms with Crippen LogP contribution in [-0.2, 0) is 32.7 Å². The van der Waals surface area contributed by atoms with Crippen LogP contribution in [0, 0.1) is 0 Å². The molecule has 10 heteroatoms. The van der Waals surface area contributed by atoms with Gasteiger partial charge in [-0.2, -0.15) is 0 Å². The number of hydrogen-bond acceptors (Lipinski definition) is 8. The molecule has 0 saturated heterocycles. The summed E-state index contributed by atoms with van der Waals surface area (Å²) in [4.78, 5) is 34.8. The van der Waals surface area contributed by atoms with Gasteiger partial charge in [0.2, 0.25) is 0 Å². The predicted octanol–water partition coefficient (Wildman–Crippen LogP) is 12.4. The first kappa shape index (κ1) is 51.5. The van der Waals surface area contributed by atoms with Crippen LogP contribution in [0.3, 0.4) is 0 Å². The van der Waals surface area contributed by atoms with Crippen LogP contribution in [0.1, 0.15) is 206 Å². The van der Waals surface area contributed by atoms with Crippen molar-refractivity contribution in [2.45, 2.75) is 213 Å². The van der Waals surface area contributed by atoms with Crippen molar-refractivity contribution in [3.05, 3.63) is 24.3 Å². The molecule has 0 aliphatic carbocycles. The van der Waals surface area contributed by atoms with E-state index in [1.807, 2.05) is 0 Å². The van der Waals surface area contributed by atoms with E-state index >= 15 is 0 Å². The minimum atomic E-state index is -4.37. The van der Waals surface area contributed by atoms with Crippen LogP contribution < -0.4 is 5.73 Å². The molecule has 0 aromatic heterocycles. The zero-order chi connectivity index (χ0) is 38.9. The number of rotatable bonds is 41. The summed E-state index contributed by atoms with van der Waals surface area (Å²) < 4.78 is 32.8. The Balaban J connectivity index is 4.12. The van der Waals surface area contributed by atoms with Crippen molar-refractivity contribution in [3.63, 3.8) is 0 Å². The standard InChI is InChI=1S/C43H82NO8P/c1-3-5-7-9-11-13-15-17-18-19-20-21-22-24-26-28-30-32-34-36-43(46)52-41(40-51-53(47,48)50-38-37-44)39-49-42(45)35-33-31-29-27-25-23-16-14-12-10-8-6-4-2/h11,13,17-18,41H,3-10,12,14-16,19-40,44H2,1-2H3,(H,47,48)/t41-/m1/s1. The monoisotopic (exact) mass is 772 g/mol. The molecule has 0 aliphatic heterocycles. The summed E-state index contributed by atoms with van der Waals surface area (Å²) in [5.41, 5.74) is 5.35. The molecule has 0 amide bonds. The van der Waals surface area contributed by atoms with E-state index in [4.69, 9.17) is 24.3 Å². The Morgan fingerprint density at radius 1 is 0.566 bits per heavy atom. The van der Waals surface area contributed by atoms with Gasteiger partial charge in [0.15, 0.2) is 6.10 Å². The van der Waals surface area contributed by atoms with Gasteiger partial charge >= 0.3 is 19.8 Å². The van der Waals surface area contributed by atoms with Gasteiger partial charge in [-0.05, 0) is 44.9 Å². The highest BCUT2D eigenvalue weighted by Gasteiger charge is 2.26. The Kier molecular flexibility index (Phi) is 39.0. The summed E-state index contributed by atoms with van der Waals surface area (Å²) in [7, 11) is -4.37. The molecule has 0 bridgehead atoms. The van der Waals surface area contributed by atoms with Crippen LogP contribution in [0.4, 0.5) is 0 Å². The molecule has 0 radical (unpaired) electrons. The second kappa shape index (κ2) is 40.2. The Hall–Kier alpha value is -1.51. The molecule has 3 N–H and O–H groups in total. The number of ether oxygens (including phenoxy) is 2. The number of phosphoric ester groups is 1. The lowest BCUT2D eigenvalue weighted by Gasteiger charge is -2.19. The quantitative estimate of drug-likeness (QED) is 0.0269. The summed E-state index contributed by atoms with van der Waals surface area (Å²) >= 11 is 0. The van der Waals surface area contributed by atoms with Crippen molar-refractivity contribution in [2.24, 2.45) is 5.73 Å². The third-order valence-electron chi connectivity index (χ3n) is 9.34. The van der Waals surface area contributed by atoms with E-state index in [1.165, 1.54) is 122 Å². The number of hydrogen-bond donors (Lipinski definition) is 2. The van der Waals surface area contributed by atoms with E-state index in [0.717, 1.165) is 51.4 Å². The molecular weight excluding hydrogens is 689 g/mol. The minimum absolute atomic E-state index is 0.0543. The summed E-state index contributed by atoms with van der Waals surface area (Å²) in [6, 6.07) is 0. The SMILES string of the molecule is CCCCCC=CCC=CCCCCCCCCCCCC(=O)O[C@H](COC(=O)CCCCCCCCCCCCCCC)COP(=O)(O)OCCN. The highest BCUT2D eigenvalue weighted by Crippen LogP contribution is 2.43. The fourth-order valence-electron chi connectivity index (χ4n) is 6.08. The number of nitrogens with two attached hydrogens (primary N) is 1. The van der Waals surface area contributed by atoms with Crippen molar-refractivity contribution in [1.82, 2.24) is 0 Å². The topological polar surface area (TPSA) is 134 Å². The molecule has 0 aliphatic rings. The van der Waals surface area contributed by atoms with Crippen LogP contribution in [-0.4, -0.2) is 49.3 Å². The average Bonchev–Trinajstić information content (AvgIpc) is 3.14. The number of carbonyl (C=O) groups is 2. The summed E-state index contributed by atoms with van der Waals surface area (Å²) in [6.45, 7) is 3.72. The molecule has 0 rings (SSSR count). The van der Waals surface area contributed by atoms with E-state index in [-0.39, 0.29) is 38.6 Å². The van der Waals surface area contributed by atoms with E-state index in [2.05, 4.69) is 38.2 Å². The van der Waals surface area contributed by atoms with Crippen LogP contribution in [0.25, 0.3) is 0 Å². The molecule has 53 heavy (non-hydrogen) atoms. The molecule has 0 aromatic carbocycles. The third-order valence-corrected chi connectivity index (χ3v) is 10.3. The van der Waals surface area contributed by atoms with Gasteiger partial charge in [0.05, 0.1) is 13.2 Å². The molecule has 0 fully saturated rings. The number of carbonyl (C=O) groups excluding carboxylic acids is 2. The van der Waals surface area contributed by atoms with E-state index in [9.17, 15) is 19.0 Å². The molecule has 9 nitrogen and oxygen atoms in total. The van der Waals surface area contributed by atoms with Crippen molar-refractivity contribution in [2.75, 3.05) is 26.4 Å². The van der Waals surface area contributed by atoms with Gasteiger partial charge in [0.25, 0.3) is 0 Å². The van der Waals surface area contributed by atoms with E-state index < -0.39 is 26.5 Å². The van der Waals surface area contributed by atoms with Gasteiger partial charge in [-0.15, -0.1) is 0 Å². The molecule has 1 unspecified atom stereocenters. The minimum Gasteiger partial charge on any atom is -0.462 e. The van der Waals surface area contributed by atoms with Crippen molar-refractivity contribution in [1.29, 1.82) is 0 Å². The fraction of sp³-hybridized carbons (Fsp3) is 0.860. The molecular formula is C43H82NO8P. The van der Waals surface area contributed by atoms with Gasteiger partial charge in [0.1, 0.15) is 6.61 Å².